The molecule has 0 nitrogen and oxygen atoms in total. The molecule has 1 rings (SSSR count). The molecule has 0 N–H and O–H groups in total. The molecule has 0 fully saturated rings. The summed E-state index contributed by atoms with van der Waals surface area (Å²) in [6.45, 7) is 6.80. The highest BCUT2D eigenvalue weighted by atomic mass is 32.2. The minimum absolute atomic E-state index is 1.17. The first-order chi connectivity index (χ1) is 6.53. The predicted octanol–water partition coefficient (Wildman–Crippen LogP) is 3.64. The van der Waals surface area contributed by atoms with Crippen molar-refractivity contribution in [3.63, 3.8) is 0 Å². The Bertz CT molecular complexity index is 366. The number of hydrogen-bond donors (Lipinski definition) is 0. The largest absolute Gasteiger partial charge is 0.129 e. The number of benzene rings is 1. The van der Waals surface area contributed by atoms with Crippen LogP contribution in [-0.2, 0) is 0 Å². The first-order valence-corrected chi connectivity index (χ1v) is 9.41. The van der Waals surface area contributed by atoms with Gasteiger partial charge in [0.1, 0.15) is 8.07 Å². The van der Waals surface area contributed by atoms with Gasteiger partial charge in [0.05, 0.1) is 0 Å². The molecule has 0 aliphatic rings. The summed E-state index contributed by atoms with van der Waals surface area (Å²) < 4.78 is 0. The van der Waals surface area contributed by atoms with E-state index in [4.69, 9.17) is 0 Å². The van der Waals surface area contributed by atoms with E-state index in [-0.39, 0.29) is 0 Å². The molecule has 0 spiro atoms. The van der Waals surface area contributed by atoms with Crippen LogP contribution in [0.4, 0.5) is 0 Å². The van der Waals surface area contributed by atoms with Crippen molar-refractivity contribution in [2.75, 3.05) is 6.26 Å². The van der Waals surface area contributed by atoms with Crippen LogP contribution in [0.15, 0.2) is 29.2 Å². The molecule has 2 heteroatoms. The van der Waals surface area contributed by atoms with Gasteiger partial charge in [-0.25, -0.2) is 0 Å². The van der Waals surface area contributed by atoms with Crippen LogP contribution < -0.4 is 0 Å². The fraction of sp³-hybridized carbons (Fsp3) is 0.333. The van der Waals surface area contributed by atoms with Gasteiger partial charge in [0, 0.05) is 10.5 Å². The normalized spacial score (nSPS) is 10.6. The Kier molecular flexibility index (Phi) is 3.85. The fourth-order valence-corrected chi connectivity index (χ4v) is 2.07. The molecule has 14 heavy (non-hydrogen) atoms. The number of hydrogen-bond acceptors (Lipinski definition) is 1. The molecule has 0 saturated carbocycles. The van der Waals surface area contributed by atoms with Crippen LogP contribution in [0.2, 0.25) is 19.6 Å². The topological polar surface area (TPSA) is 0 Å². The monoisotopic (exact) mass is 220 g/mol. The standard InChI is InChI=1S/C12H16SSi/c1-13-12-8-6-5-7-11(12)9-10-14(2,3)4/h5-8H,1-4H3. The fourth-order valence-electron chi connectivity index (χ4n) is 1.00. The summed E-state index contributed by atoms with van der Waals surface area (Å²) in [5.41, 5.74) is 4.56. The van der Waals surface area contributed by atoms with Crippen molar-refractivity contribution in [1.82, 2.24) is 0 Å². The zero-order chi connectivity index (χ0) is 10.6. The smallest absolute Gasteiger partial charge is 0.128 e. The van der Waals surface area contributed by atoms with E-state index in [1.54, 1.807) is 11.8 Å². The predicted molar refractivity (Wildman–Crippen MR) is 68.4 cm³/mol. The number of rotatable bonds is 1. The third-order valence-electron chi connectivity index (χ3n) is 1.68. The summed E-state index contributed by atoms with van der Waals surface area (Å²) in [6.07, 6.45) is 2.09. The van der Waals surface area contributed by atoms with Gasteiger partial charge in [-0.1, -0.05) is 37.7 Å². The summed E-state index contributed by atoms with van der Waals surface area (Å²) in [6, 6.07) is 8.33. The highest BCUT2D eigenvalue weighted by molar-refractivity contribution is 7.98. The third kappa shape index (κ3) is 3.61. The maximum absolute atomic E-state index is 3.39. The van der Waals surface area contributed by atoms with Crippen molar-refractivity contribution < 1.29 is 0 Å². The Morgan fingerprint density at radius 1 is 1.14 bits per heavy atom. The molecule has 1 aromatic carbocycles. The van der Waals surface area contributed by atoms with Gasteiger partial charge in [0.15, 0.2) is 0 Å². The molecule has 0 saturated heterocycles. The van der Waals surface area contributed by atoms with Crippen LogP contribution in [0.3, 0.4) is 0 Å². The van der Waals surface area contributed by atoms with Crippen LogP contribution in [0.25, 0.3) is 0 Å². The van der Waals surface area contributed by atoms with Crippen LogP contribution >= 0.6 is 11.8 Å². The van der Waals surface area contributed by atoms with Gasteiger partial charge in [0.2, 0.25) is 0 Å². The van der Waals surface area contributed by atoms with Crippen molar-refractivity contribution in [3.05, 3.63) is 29.8 Å². The minimum atomic E-state index is -1.25. The van der Waals surface area contributed by atoms with E-state index in [1.165, 1.54) is 10.5 Å². The lowest BCUT2D eigenvalue weighted by molar-refractivity contribution is 1.42. The summed E-state index contributed by atoms with van der Waals surface area (Å²) in [4.78, 5) is 1.28. The quantitative estimate of drug-likeness (QED) is 0.395. The highest BCUT2D eigenvalue weighted by Gasteiger charge is 2.07. The zero-order valence-electron chi connectivity index (χ0n) is 9.22. The van der Waals surface area contributed by atoms with Gasteiger partial charge in [-0.15, -0.1) is 17.3 Å². The Balaban J connectivity index is 3.00. The molecular weight excluding hydrogens is 204 g/mol. The Hall–Kier alpha value is -0.653. The van der Waals surface area contributed by atoms with E-state index in [0.29, 0.717) is 0 Å². The van der Waals surface area contributed by atoms with E-state index >= 15 is 0 Å². The van der Waals surface area contributed by atoms with E-state index in [9.17, 15) is 0 Å². The second-order valence-electron chi connectivity index (χ2n) is 4.20. The van der Waals surface area contributed by atoms with Crippen LogP contribution in [0, 0.1) is 11.5 Å². The van der Waals surface area contributed by atoms with E-state index in [1.807, 2.05) is 6.07 Å². The van der Waals surface area contributed by atoms with Gasteiger partial charge >= 0.3 is 0 Å². The molecule has 0 heterocycles. The first-order valence-electron chi connectivity index (χ1n) is 4.69. The van der Waals surface area contributed by atoms with Crippen LogP contribution in [0.1, 0.15) is 5.56 Å². The van der Waals surface area contributed by atoms with Gasteiger partial charge in [-0.3, -0.25) is 0 Å². The molecule has 0 bridgehead atoms. The average molecular weight is 220 g/mol. The summed E-state index contributed by atoms with van der Waals surface area (Å²) in [7, 11) is -1.25. The van der Waals surface area contributed by atoms with Gasteiger partial charge in [0.25, 0.3) is 0 Å². The highest BCUT2D eigenvalue weighted by Crippen LogP contribution is 2.18. The zero-order valence-corrected chi connectivity index (χ0v) is 11.0. The lowest BCUT2D eigenvalue weighted by atomic mass is 10.2. The first kappa shape index (κ1) is 11.4. The van der Waals surface area contributed by atoms with Gasteiger partial charge in [-0.05, 0) is 18.4 Å². The lowest BCUT2D eigenvalue weighted by Gasteiger charge is -2.04. The van der Waals surface area contributed by atoms with Crippen molar-refractivity contribution in [2.45, 2.75) is 24.5 Å². The average Bonchev–Trinajstić information content (AvgIpc) is 2.14. The van der Waals surface area contributed by atoms with Crippen LogP contribution in [0.5, 0.6) is 0 Å². The lowest BCUT2D eigenvalue weighted by Crippen LogP contribution is -2.16. The third-order valence-corrected chi connectivity index (χ3v) is 3.35. The van der Waals surface area contributed by atoms with Crippen molar-refractivity contribution >= 4 is 19.8 Å². The molecule has 0 amide bonds. The molecule has 0 unspecified atom stereocenters. The van der Waals surface area contributed by atoms with Crippen molar-refractivity contribution in [3.8, 4) is 11.5 Å². The summed E-state index contributed by atoms with van der Waals surface area (Å²) in [5.74, 6) is 3.30. The van der Waals surface area contributed by atoms with E-state index in [2.05, 4.69) is 55.6 Å². The maximum Gasteiger partial charge on any atom is 0.129 e. The molecule has 0 aliphatic carbocycles. The Morgan fingerprint density at radius 3 is 2.36 bits per heavy atom. The van der Waals surface area contributed by atoms with Gasteiger partial charge in [-0.2, -0.15) is 0 Å². The Morgan fingerprint density at radius 2 is 1.79 bits per heavy atom. The maximum atomic E-state index is 3.39. The SMILES string of the molecule is CSc1ccccc1C#C[Si](C)(C)C. The second kappa shape index (κ2) is 4.72. The minimum Gasteiger partial charge on any atom is -0.128 e. The Labute approximate surface area is 92.1 Å². The van der Waals surface area contributed by atoms with Crippen molar-refractivity contribution in [1.29, 1.82) is 0 Å². The molecular formula is C12H16SSi. The molecule has 0 aromatic heterocycles. The molecule has 74 valence electrons. The van der Waals surface area contributed by atoms with E-state index < -0.39 is 8.07 Å². The number of thioether (sulfide) groups is 1. The molecule has 0 aliphatic heterocycles. The van der Waals surface area contributed by atoms with Crippen molar-refractivity contribution in [2.24, 2.45) is 0 Å². The second-order valence-corrected chi connectivity index (χ2v) is 9.80. The molecule has 0 atom stereocenters. The van der Waals surface area contributed by atoms with Crippen LogP contribution in [-0.4, -0.2) is 14.3 Å². The van der Waals surface area contributed by atoms with Gasteiger partial charge < -0.3 is 0 Å². The van der Waals surface area contributed by atoms with E-state index in [0.717, 1.165) is 0 Å². The molecule has 1 aromatic rings. The summed E-state index contributed by atoms with van der Waals surface area (Å²) >= 11 is 1.76. The summed E-state index contributed by atoms with van der Waals surface area (Å²) in [5, 5.41) is 0. The molecule has 0 radical (unpaired) electrons.